The summed E-state index contributed by atoms with van der Waals surface area (Å²) in [5.74, 6) is 1.42. The molecule has 5 fully saturated rings. The molecule has 1 aliphatic heterocycles. The highest BCUT2D eigenvalue weighted by molar-refractivity contribution is 5.79. The van der Waals surface area contributed by atoms with E-state index in [1.165, 1.54) is 6.42 Å². The molecule has 6 nitrogen and oxygen atoms in total. The van der Waals surface area contributed by atoms with Gasteiger partial charge in [0.25, 0.3) is 0 Å². The van der Waals surface area contributed by atoms with Gasteiger partial charge in [-0.05, 0) is 63.2 Å². The molecule has 2 unspecified atom stereocenters. The Balaban J connectivity index is 1.42. The standard InChI is InChI=1S/C19H27N4O2/c20-11-16-2-1-4-23(16)17(25)12-22-19-9-14-6-15(10-19)8-18(7-14,13-19)21-3-5-24/h14-16,21-22H,1-4,6-10,12-13H2/t14?,15?,16-,18?,19?/m0/s1. The molecule has 4 bridgehead atoms. The number of nitrogens with zero attached hydrogens (tertiary/aromatic N) is 2. The highest BCUT2D eigenvalue weighted by Gasteiger charge is 2.57. The number of likely N-dealkylation sites (tertiary alicyclic amines) is 1. The van der Waals surface area contributed by atoms with Crippen LogP contribution in [0.15, 0.2) is 0 Å². The van der Waals surface area contributed by atoms with E-state index in [1.807, 2.05) is 6.29 Å². The molecule has 2 N–H and O–H groups in total. The lowest BCUT2D eigenvalue weighted by molar-refractivity contribution is -0.131. The van der Waals surface area contributed by atoms with Crippen molar-refractivity contribution in [3.05, 3.63) is 0 Å². The second-order valence-corrected chi connectivity index (χ2v) is 8.75. The first-order valence-electron chi connectivity index (χ1n) is 9.61. The zero-order valence-corrected chi connectivity index (χ0v) is 14.7. The fourth-order valence-electron chi connectivity index (χ4n) is 6.46. The van der Waals surface area contributed by atoms with Crippen molar-refractivity contribution in [1.29, 1.82) is 5.26 Å². The largest absolute Gasteiger partial charge is 0.326 e. The summed E-state index contributed by atoms with van der Waals surface area (Å²) in [4.78, 5) is 25.1. The van der Waals surface area contributed by atoms with Crippen molar-refractivity contribution in [2.24, 2.45) is 11.8 Å². The Morgan fingerprint density at radius 3 is 2.48 bits per heavy atom. The fraction of sp³-hybridized carbons (Fsp3) is 0.842. The Morgan fingerprint density at radius 2 is 1.84 bits per heavy atom. The van der Waals surface area contributed by atoms with E-state index in [9.17, 15) is 14.9 Å². The molecular weight excluding hydrogens is 316 g/mol. The summed E-state index contributed by atoms with van der Waals surface area (Å²) < 4.78 is 0. The normalized spacial score (nSPS) is 41.7. The molecular formula is C19H27N4O2. The van der Waals surface area contributed by atoms with E-state index in [-0.39, 0.29) is 23.0 Å². The van der Waals surface area contributed by atoms with Gasteiger partial charge in [-0.3, -0.25) is 9.59 Å². The average Bonchev–Trinajstić information content (AvgIpc) is 3.05. The molecule has 0 spiro atoms. The van der Waals surface area contributed by atoms with Gasteiger partial charge in [-0.15, -0.1) is 0 Å². The first-order chi connectivity index (χ1) is 12.1. The zero-order valence-electron chi connectivity index (χ0n) is 14.7. The lowest BCUT2D eigenvalue weighted by Gasteiger charge is -2.62. The smallest absolute Gasteiger partial charge is 0.237 e. The highest BCUT2D eigenvalue weighted by Crippen LogP contribution is 2.57. The van der Waals surface area contributed by atoms with Crippen LogP contribution in [0.25, 0.3) is 0 Å². The second-order valence-electron chi connectivity index (χ2n) is 8.75. The van der Waals surface area contributed by atoms with Crippen LogP contribution in [0.4, 0.5) is 0 Å². The summed E-state index contributed by atoms with van der Waals surface area (Å²) in [6.07, 6.45) is 10.5. The summed E-state index contributed by atoms with van der Waals surface area (Å²) >= 11 is 0. The van der Waals surface area contributed by atoms with Crippen LogP contribution in [0.2, 0.25) is 0 Å². The zero-order chi connectivity index (χ0) is 17.5. The number of carbonyl (C=O) groups is 1. The van der Waals surface area contributed by atoms with E-state index >= 15 is 0 Å². The molecule has 4 saturated carbocycles. The molecule has 0 aromatic carbocycles. The van der Waals surface area contributed by atoms with Crippen LogP contribution in [0.1, 0.15) is 51.4 Å². The van der Waals surface area contributed by atoms with Crippen molar-refractivity contribution in [2.75, 3.05) is 19.6 Å². The van der Waals surface area contributed by atoms with Crippen molar-refractivity contribution < 1.29 is 9.59 Å². The van der Waals surface area contributed by atoms with Crippen LogP contribution in [0.3, 0.4) is 0 Å². The van der Waals surface area contributed by atoms with Crippen LogP contribution in [-0.2, 0) is 9.59 Å². The topological polar surface area (TPSA) is 85.2 Å². The van der Waals surface area contributed by atoms with Gasteiger partial charge < -0.3 is 15.5 Å². The SMILES string of the molecule is N#C[C@@H]1CCCN1C(=O)CNC12CC3CC(CC(NC[C]=O)(C3)C1)C2. The van der Waals surface area contributed by atoms with Crippen LogP contribution in [0.5, 0.6) is 0 Å². The van der Waals surface area contributed by atoms with Gasteiger partial charge in [-0.2, -0.15) is 5.26 Å². The van der Waals surface area contributed by atoms with Crippen molar-refractivity contribution in [3.63, 3.8) is 0 Å². The summed E-state index contributed by atoms with van der Waals surface area (Å²) in [6, 6.07) is 2.00. The van der Waals surface area contributed by atoms with E-state index in [0.29, 0.717) is 31.5 Å². The number of hydrogen-bond acceptors (Lipinski definition) is 5. The first-order valence-corrected chi connectivity index (χ1v) is 9.61. The van der Waals surface area contributed by atoms with Gasteiger partial charge in [-0.25, -0.2) is 0 Å². The maximum absolute atomic E-state index is 12.6. The predicted octanol–water partition coefficient (Wildman–Crippen LogP) is 0.881. The number of amides is 1. The van der Waals surface area contributed by atoms with Gasteiger partial charge in [-0.1, -0.05) is 0 Å². The second kappa shape index (κ2) is 6.37. The lowest BCUT2D eigenvalue weighted by Crippen LogP contribution is -2.69. The van der Waals surface area contributed by atoms with Gasteiger partial charge >= 0.3 is 0 Å². The van der Waals surface area contributed by atoms with Crippen LogP contribution >= 0.6 is 0 Å². The molecule has 5 aliphatic rings. The highest BCUT2D eigenvalue weighted by atomic mass is 16.2. The Morgan fingerprint density at radius 1 is 1.16 bits per heavy atom. The van der Waals surface area contributed by atoms with Crippen molar-refractivity contribution >= 4 is 12.2 Å². The first kappa shape index (κ1) is 17.0. The third kappa shape index (κ3) is 3.09. The fourth-order valence-corrected chi connectivity index (χ4v) is 6.46. The predicted molar refractivity (Wildman–Crippen MR) is 92.2 cm³/mol. The number of nitriles is 1. The quantitative estimate of drug-likeness (QED) is 0.748. The molecule has 1 radical (unpaired) electrons. The van der Waals surface area contributed by atoms with Gasteiger partial charge in [0.2, 0.25) is 12.2 Å². The van der Waals surface area contributed by atoms with Gasteiger partial charge in [0, 0.05) is 17.6 Å². The number of nitrogens with one attached hydrogen (secondary N) is 2. The molecule has 1 heterocycles. The minimum absolute atomic E-state index is 0.0114. The van der Waals surface area contributed by atoms with Crippen LogP contribution < -0.4 is 10.6 Å². The molecule has 25 heavy (non-hydrogen) atoms. The lowest BCUT2D eigenvalue weighted by atomic mass is 9.50. The Hall–Kier alpha value is -1.45. The van der Waals surface area contributed by atoms with E-state index in [4.69, 9.17) is 0 Å². The van der Waals surface area contributed by atoms with Gasteiger partial charge in [0.1, 0.15) is 6.04 Å². The molecule has 135 valence electrons. The maximum atomic E-state index is 12.6. The minimum atomic E-state index is -0.248. The number of hydrogen-bond donors (Lipinski definition) is 2. The van der Waals surface area contributed by atoms with Crippen molar-refractivity contribution in [2.45, 2.75) is 68.5 Å². The summed E-state index contributed by atoms with van der Waals surface area (Å²) in [5, 5.41) is 16.3. The van der Waals surface area contributed by atoms with Crippen molar-refractivity contribution in [1.82, 2.24) is 15.5 Å². The average molecular weight is 343 g/mol. The van der Waals surface area contributed by atoms with Crippen LogP contribution in [0, 0.1) is 23.2 Å². The summed E-state index contributed by atoms with van der Waals surface area (Å²) in [6.45, 7) is 1.33. The molecule has 0 aromatic rings. The maximum Gasteiger partial charge on any atom is 0.237 e. The Labute approximate surface area is 149 Å². The van der Waals surface area contributed by atoms with E-state index in [2.05, 4.69) is 16.7 Å². The summed E-state index contributed by atoms with van der Waals surface area (Å²) in [5.41, 5.74) is 0.0534. The minimum Gasteiger partial charge on any atom is -0.326 e. The molecule has 6 heteroatoms. The molecule has 3 atom stereocenters. The summed E-state index contributed by atoms with van der Waals surface area (Å²) in [7, 11) is 0. The third-order valence-electron chi connectivity index (χ3n) is 6.93. The monoisotopic (exact) mass is 343 g/mol. The number of rotatable bonds is 6. The van der Waals surface area contributed by atoms with E-state index in [1.54, 1.807) is 4.90 Å². The molecule has 5 rings (SSSR count). The van der Waals surface area contributed by atoms with Crippen molar-refractivity contribution in [3.8, 4) is 6.07 Å². The number of carbonyl (C=O) groups excluding carboxylic acids is 2. The van der Waals surface area contributed by atoms with E-state index < -0.39 is 0 Å². The molecule has 1 saturated heterocycles. The Kier molecular flexibility index (Phi) is 4.33. The third-order valence-corrected chi connectivity index (χ3v) is 6.93. The Bertz CT molecular complexity index is 585. The van der Waals surface area contributed by atoms with Crippen LogP contribution in [-0.4, -0.2) is 53.8 Å². The molecule has 0 aromatic heterocycles. The van der Waals surface area contributed by atoms with E-state index in [0.717, 1.165) is 44.9 Å². The van der Waals surface area contributed by atoms with Gasteiger partial charge in [0.15, 0.2) is 0 Å². The molecule has 4 aliphatic carbocycles. The van der Waals surface area contributed by atoms with Gasteiger partial charge in [0.05, 0.1) is 19.2 Å². The molecule has 1 amide bonds.